The molecule has 16 heavy (non-hydrogen) atoms. The minimum Gasteiger partial charge on any atom is -0.363 e. The van der Waals surface area contributed by atoms with Crippen LogP contribution in [0.3, 0.4) is 0 Å². The van der Waals surface area contributed by atoms with Gasteiger partial charge in [0, 0.05) is 37.9 Å². The van der Waals surface area contributed by atoms with Crippen molar-refractivity contribution >= 4 is 5.69 Å². The first-order valence-corrected chi connectivity index (χ1v) is 6.27. The average molecular weight is 222 g/mol. The van der Waals surface area contributed by atoms with Crippen LogP contribution in [0.4, 0.5) is 5.69 Å². The van der Waals surface area contributed by atoms with E-state index in [0.29, 0.717) is 12.1 Å². The molecular weight excluding hydrogens is 200 g/mol. The summed E-state index contributed by atoms with van der Waals surface area (Å²) in [7, 11) is 0. The van der Waals surface area contributed by atoms with Crippen LogP contribution in [0.5, 0.6) is 0 Å². The standard InChI is InChI=1S/C12H22N4/c1-4-11-8-16(10(3)6-13-11)12-7-14-15(5-2)9-12/h7,9-11,13H,4-6,8H2,1-3H3. The SMILES string of the molecule is CCC1CN(c2cnn(CC)c2)C(C)CN1. The largest absolute Gasteiger partial charge is 0.363 e. The number of aromatic nitrogens is 2. The van der Waals surface area contributed by atoms with Gasteiger partial charge < -0.3 is 10.2 Å². The van der Waals surface area contributed by atoms with Gasteiger partial charge in [-0.25, -0.2) is 0 Å². The van der Waals surface area contributed by atoms with Gasteiger partial charge in [0.1, 0.15) is 0 Å². The summed E-state index contributed by atoms with van der Waals surface area (Å²) in [6, 6.07) is 1.17. The van der Waals surface area contributed by atoms with Crippen molar-refractivity contribution in [2.24, 2.45) is 0 Å². The van der Waals surface area contributed by atoms with E-state index in [2.05, 4.69) is 42.3 Å². The summed E-state index contributed by atoms with van der Waals surface area (Å²) >= 11 is 0. The summed E-state index contributed by atoms with van der Waals surface area (Å²) in [5, 5.41) is 7.92. The molecule has 2 unspecified atom stereocenters. The Morgan fingerprint density at radius 1 is 1.50 bits per heavy atom. The van der Waals surface area contributed by atoms with E-state index in [-0.39, 0.29) is 0 Å². The van der Waals surface area contributed by atoms with Gasteiger partial charge in [0.2, 0.25) is 0 Å². The summed E-state index contributed by atoms with van der Waals surface area (Å²) < 4.78 is 1.99. The summed E-state index contributed by atoms with van der Waals surface area (Å²) in [5.41, 5.74) is 1.26. The molecular formula is C12H22N4. The smallest absolute Gasteiger partial charge is 0.0755 e. The molecule has 1 aromatic heterocycles. The van der Waals surface area contributed by atoms with Crippen molar-refractivity contribution in [3.63, 3.8) is 0 Å². The predicted octanol–water partition coefficient (Wildman–Crippen LogP) is 1.48. The summed E-state index contributed by atoms with van der Waals surface area (Å²) in [5.74, 6) is 0. The minimum atomic E-state index is 0.553. The Labute approximate surface area is 97.6 Å². The van der Waals surface area contributed by atoms with Gasteiger partial charge in [-0.2, -0.15) is 5.10 Å². The zero-order valence-corrected chi connectivity index (χ0v) is 10.5. The van der Waals surface area contributed by atoms with Gasteiger partial charge in [0.25, 0.3) is 0 Å². The Bertz CT molecular complexity index is 334. The number of hydrogen-bond donors (Lipinski definition) is 1. The van der Waals surface area contributed by atoms with Gasteiger partial charge in [-0.05, 0) is 20.3 Å². The maximum atomic E-state index is 4.35. The molecule has 1 saturated heterocycles. The molecule has 1 aromatic rings. The highest BCUT2D eigenvalue weighted by Crippen LogP contribution is 2.19. The molecule has 0 amide bonds. The van der Waals surface area contributed by atoms with Crippen molar-refractivity contribution in [3.8, 4) is 0 Å². The molecule has 1 fully saturated rings. The first-order chi connectivity index (χ1) is 7.74. The number of nitrogens with zero attached hydrogens (tertiary/aromatic N) is 3. The Hall–Kier alpha value is -1.03. The van der Waals surface area contributed by atoms with Crippen molar-refractivity contribution in [1.82, 2.24) is 15.1 Å². The van der Waals surface area contributed by atoms with E-state index < -0.39 is 0 Å². The van der Waals surface area contributed by atoms with Gasteiger partial charge in [-0.15, -0.1) is 0 Å². The lowest BCUT2D eigenvalue weighted by molar-refractivity contribution is 0.397. The first kappa shape index (κ1) is 11.5. The second-order valence-corrected chi connectivity index (χ2v) is 4.57. The van der Waals surface area contributed by atoms with Gasteiger partial charge in [0.15, 0.2) is 0 Å². The van der Waals surface area contributed by atoms with E-state index in [1.54, 1.807) is 0 Å². The van der Waals surface area contributed by atoms with Crippen LogP contribution in [0.2, 0.25) is 0 Å². The van der Waals surface area contributed by atoms with Gasteiger partial charge in [-0.3, -0.25) is 4.68 Å². The number of rotatable bonds is 3. The van der Waals surface area contributed by atoms with Crippen LogP contribution in [0, 0.1) is 0 Å². The number of aryl methyl sites for hydroxylation is 1. The molecule has 2 rings (SSSR count). The molecule has 2 atom stereocenters. The quantitative estimate of drug-likeness (QED) is 0.841. The van der Waals surface area contributed by atoms with Gasteiger partial charge >= 0.3 is 0 Å². The van der Waals surface area contributed by atoms with E-state index in [1.165, 1.54) is 12.1 Å². The number of piperazine rings is 1. The van der Waals surface area contributed by atoms with Crippen molar-refractivity contribution in [2.75, 3.05) is 18.0 Å². The van der Waals surface area contributed by atoms with Crippen LogP contribution >= 0.6 is 0 Å². The molecule has 0 aliphatic carbocycles. The van der Waals surface area contributed by atoms with Crippen molar-refractivity contribution in [1.29, 1.82) is 0 Å². The average Bonchev–Trinajstić information content (AvgIpc) is 2.78. The second kappa shape index (κ2) is 4.87. The van der Waals surface area contributed by atoms with Crippen LogP contribution in [0.15, 0.2) is 12.4 Å². The third-order valence-electron chi connectivity index (χ3n) is 3.42. The molecule has 1 aliphatic rings. The molecule has 1 N–H and O–H groups in total. The molecule has 4 heteroatoms. The maximum Gasteiger partial charge on any atom is 0.0755 e. The summed E-state index contributed by atoms with van der Waals surface area (Å²) in [6.07, 6.45) is 5.32. The van der Waals surface area contributed by atoms with E-state index >= 15 is 0 Å². The van der Waals surface area contributed by atoms with E-state index in [1.807, 2.05) is 10.9 Å². The molecule has 0 bridgehead atoms. The number of hydrogen-bond acceptors (Lipinski definition) is 3. The summed E-state index contributed by atoms with van der Waals surface area (Å²) in [4.78, 5) is 2.46. The Morgan fingerprint density at radius 2 is 2.31 bits per heavy atom. The fourth-order valence-electron chi connectivity index (χ4n) is 2.24. The monoisotopic (exact) mass is 222 g/mol. The maximum absolute atomic E-state index is 4.35. The van der Waals surface area contributed by atoms with Crippen molar-refractivity contribution in [3.05, 3.63) is 12.4 Å². The lowest BCUT2D eigenvalue weighted by Crippen LogP contribution is -2.55. The lowest BCUT2D eigenvalue weighted by atomic mass is 10.1. The molecule has 0 radical (unpaired) electrons. The fourth-order valence-corrected chi connectivity index (χ4v) is 2.24. The molecule has 2 heterocycles. The van der Waals surface area contributed by atoms with E-state index in [0.717, 1.165) is 19.6 Å². The normalized spacial score (nSPS) is 26.1. The molecule has 90 valence electrons. The molecule has 4 nitrogen and oxygen atoms in total. The van der Waals surface area contributed by atoms with Gasteiger partial charge in [-0.1, -0.05) is 6.92 Å². The highest BCUT2D eigenvalue weighted by Gasteiger charge is 2.24. The third-order valence-corrected chi connectivity index (χ3v) is 3.42. The Kier molecular flexibility index (Phi) is 3.49. The fraction of sp³-hybridized carbons (Fsp3) is 0.750. The first-order valence-electron chi connectivity index (χ1n) is 6.27. The highest BCUT2D eigenvalue weighted by molar-refractivity contribution is 5.44. The van der Waals surface area contributed by atoms with E-state index in [4.69, 9.17) is 0 Å². The molecule has 1 aliphatic heterocycles. The van der Waals surface area contributed by atoms with Crippen molar-refractivity contribution in [2.45, 2.75) is 45.8 Å². The van der Waals surface area contributed by atoms with Crippen molar-refractivity contribution < 1.29 is 0 Å². The molecule has 0 aromatic carbocycles. The second-order valence-electron chi connectivity index (χ2n) is 4.57. The zero-order valence-electron chi connectivity index (χ0n) is 10.5. The predicted molar refractivity (Wildman–Crippen MR) is 66.8 cm³/mol. The van der Waals surface area contributed by atoms with Crippen LogP contribution in [0.1, 0.15) is 27.2 Å². The van der Waals surface area contributed by atoms with Crippen LogP contribution in [-0.2, 0) is 6.54 Å². The van der Waals surface area contributed by atoms with E-state index in [9.17, 15) is 0 Å². The highest BCUT2D eigenvalue weighted by atomic mass is 15.3. The minimum absolute atomic E-state index is 0.553. The Balaban J connectivity index is 2.11. The lowest BCUT2D eigenvalue weighted by Gasteiger charge is -2.39. The number of anilines is 1. The summed E-state index contributed by atoms with van der Waals surface area (Å²) in [6.45, 7) is 9.72. The zero-order chi connectivity index (χ0) is 11.5. The molecule has 0 saturated carbocycles. The van der Waals surface area contributed by atoms with Crippen LogP contribution < -0.4 is 10.2 Å². The number of nitrogens with one attached hydrogen (secondary N) is 1. The van der Waals surface area contributed by atoms with Gasteiger partial charge in [0.05, 0.1) is 11.9 Å². The van der Waals surface area contributed by atoms with Crippen LogP contribution in [0.25, 0.3) is 0 Å². The topological polar surface area (TPSA) is 33.1 Å². The molecule has 0 spiro atoms. The Morgan fingerprint density at radius 3 is 2.94 bits per heavy atom. The third kappa shape index (κ3) is 2.21. The van der Waals surface area contributed by atoms with Crippen LogP contribution in [-0.4, -0.2) is 35.0 Å².